The molecular formula is C29H32BrCl2N3O4S. The molecule has 0 radical (unpaired) electrons. The molecule has 3 aromatic carbocycles. The van der Waals surface area contributed by atoms with Gasteiger partial charge in [0, 0.05) is 33.5 Å². The molecule has 40 heavy (non-hydrogen) atoms. The maximum absolute atomic E-state index is 14.1. The van der Waals surface area contributed by atoms with Crippen molar-refractivity contribution in [3.05, 3.63) is 97.9 Å². The maximum atomic E-state index is 14.1. The van der Waals surface area contributed by atoms with Gasteiger partial charge in [-0.05, 0) is 67.8 Å². The van der Waals surface area contributed by atoms with Crippen molar-refractivity contribution in [3.63, 3.8) is 0 Å². The van der Waals surface area contributed by atoms with Crippen LogP contribution in [-0.4, -0.2) is 50.0 Å². The average Bonchev–Trinajstić information content (AvgIpc) is 2.87. The van der Waals surface area contributed by atoms with Gasteiger partial charge < -0.3 is 10.2 Å². The van der Waals surface area contributed by atoms with E-state index < -0.39 is 28.5 Å². The molecule has 0 aliphatic carbocycles. The van der Waals surface area contributed by atoms with Gasteiger partial charge in [-0.1, -0.05) is 75.5 Å². The normalized spacial score (nSPS) is 12.2. The summed E-state index contributed by atoms with van der Waals surface area (Å²) in [5, 5.41) is 3.67. The van der Waals surface area contributed by atoms with Crippen LogP contribution in [-0.2, 0) is 32.6 Å². The van der Waals surface area contributed by atoms with E-state index in [2.05, 4.69) is 21.2 Å². The molecule has 0 aliphatic rings. The number of halogens is 3. The summed E-state index contributed by atoms with van der Waals surface area (Å²) in [5.74, 6) is -0.917. The van der Waals surface area contributed by atoms with E-state index in [0.717, 1.165) is 26.2 Å². The Hall–Kier alpha value is -2.59. The summed E-state index contributed by atoms with van der Waals surface area (Å²) < 4.78 is 27.7. The minimum absolute atomic E-state index is 0.0329. The Labute approximate surface area is 254 Å². The molecule has 3 aromatic rings. The van der Waals surface area contributed by atoms with Gasteiger partial charge in [-0.3, -0.25) is 13.9 Å². The summed E-state index contributed by atoms with van der Waals surface area (Å²) in [6.07, 6.45) is 1.26. The fraction of sp³-hybridized carbons (Fsp3) is 0.310. The molecule has 0 spiro atoms. The van der Waals surface area contributed by atoms with E-state index in [-0.39, 0.29) is 24.9 Å². The molecule has 2 amide bonds. The van der Waals surface area contributed by atoms with E-state index in [4.69, 9.17) is 23.2 Å². The molecule has 0 bridgehead atoms. The summed E-state index contributed by atoms with van der Waals surface area (Å²) >= 11 is 16.0. The number of nitrogens with one attached hydrogen (secondary N) is 1. The number of carbonyl (C=O) groups excluding carboxylic acids is 2. The van der Waals surface area contributed by atoms with Gasteiger partial charge in [0.1, 0.15) is 12.6 Å². The lowest BCUT2D eigenvalue weighted by molar-refractivity contribution is -0.140. The minimum atomic E-state index is -3.86. The zero-order valence-corrected chi connectivity index (χ0v) is 26.6. The summed E-state index contributed by atoms with van der Waals surface area (Å²) in [4.78, 5) is 29.1. The maximum Gasteiger partial charge on any atom is 0.244 e. The zero-order valence-electron chi connectivity index (χ0n) is 22.7. The van der Waals surface area contributed by atoms with E-state index in [1.807, 2.05) is 51.1 Å². The number of aryl methyl sites for hydroxylation is 1. The first-order valence-electron chi connectivity index (χ1n) is 12.6. The lowest BCUT2D eigenvalue weighted by Gasteiger charge is -2.34. The fourth-order valence-electron chi connectivity index (χ4n) is 4.17. The largest absolute Gasteiger partial charge is 0.352 e. The van der Waals surface area contributed by atoms with Gasteiger partial charge in [0.05, 0.1) is 11.9 Å². The molecular weight excluding hydrogens is 637 g/mol. The second-order valence-electron chi connectivity index (χ2n) is 9.83. The Kier molecular flexibility index (Phi) is 11.1. The molecule has 0 saturated carbocycles. The first kappa shape index (κ1) is 31.9. The van der Waals surface area contributed by atoms with Gasteiger partial charge in [0.2, 0.25) is 21.8 Å². The third-order valence-corrected chi connectivity index (χ3v) is 8.78. The predicted molar refractivity (Wildman–Crippen MR) is 165 cm³/mol. The number of nitrogens with zero attached hydrogens (tertiary/aromatic N) is 2. The number of rotatable bonds is 11. The van der Waals surface area contributed by atoms with Gasteiger partial charge in [-0.25, -0.2) is 8.42 Å². The third kappa shape index (κ3) is 8.70. The molecule has 1 atom stereocenters. The molecule has 0 aliphatic heterocycles. The van der Waals surface area contributed by atoms with Gasteiger partial charge in [0.25, 0.3) is 0 Å². The summed E-state index contributed by atoms with van der Waals surface area (Å²) in [7, 11) is -3.86. The van der Waals surface area contributed by atoms with Crippen LogP contribution in [0, 0.1) is 6.92 Å². The van der Waals surface area contributed by atoms with Crippen LogP contribution in [0.1, 0.15) is 30.5 Å². The van der Waals surface area contributed by atoms with Crippen molar-refractivity contribution in [3.8, 4) is 0 Å². The molecule has 0 aromatic heterocycles. The van der Waals surface area contributed by atoms with E-state index in [1.54, 1.807) is 36.4 Å². The molecule has 11 heteroatoms. The van der Waals surface area contributed by atoms with E-state index in [0.29, 0.717) is 21.3 Å². The van der Waals surface area contributed by atoms with E-state index >= 15 is 0 Å². The topological polar surface area (TPSA) is 86.8 Å². The van der Waals surface area contributed by atoms with Crippen molar-refractivity contribution < 1.29 is 18.0 Å². The van der Waals surface area contributed by atoms with Gasteiger partial charge in [-0.15, -0.1) is 0 Å². The highest BCUT2D eigenvalue weighted by Gasteiger charge is 2.33. The molecule has 0 fully saturated rings. The van der Waals surface area contributed by atoms with Crippen molar-refractivity contribution in [1.82, 2.24) is 10.2 Å². The van der Waals surface area contributed by atoms with Crippen LogP contribution in [0.15, 0.2) is 71.2 Å². The highest BCUT2D eigenvalue weighted by atomic mass is 79.9. The Bertz CT molecular complexity index is 1470. The molecule has 214 valence electrons. The third-order valence-electron chi connectivity index (χ3n) is 6.17. The van der Waals surface area contributed by atoms with Crippen LogP contribution in [0.2, 0.25) is 10.0 Å². The van der Waals surface area contributed by atoms with Crippen molar-refractivity contribution in [2.75, 3.05) is 17.1 Å². The van der Waals surface area contributed by atoms with Gasteiger partial charge in [0.15, 0.2) is 0 Å². The number of hydrogen-bond donors (Lipinski definition) is 1. The van der Waals surface area contributed by atoms with E-state index in [9.17, 15) is 18.0 Å². The van der Waals surface area contributed by atoms with Crippen LogP contribution in [0.3, 0.4) is 0 Å². The summed E-state index contributed by atoms with van der Waals surface area (Å²) in [5.41, 5.74) is 2.56. The SMILES string of the molecule is Cc1cc(N(CC(=O)N(Cc2ccc(Cl)cc2Cl)[C@@H](Cc2ccccc2)C(=O)NC(C)C)S(C)(=O)=O)ccc1Br. The smallest absolute Gasteiger partial charge is 0.244 e. The highest BCUT2D eigenvalue weighted by Crippen LogP contribution is 2.27. The molecule has 7 nitrogen and oxygen atoms in total. The Morgan fingerprint density at radius 1 is 1.00 bits per heavy atom. The predicted octanol–water partition coefficient (Wildman–Crippen LogP) is 6.00. The van der Waals surface area contributed by atoms with Crippen LogP contribution < -0.4 is 9.62 Å². The Balaban J connectivity index is 2.09. The number of sulfonamides is 1. The fourth-order valence-corrected chi connectivity index (χ4v) is 5.72. The minimum Gasteiger partial charge on any atom is -0.352 e. The van der Waals surface area contributed by atoms with Crippen molar-refractivity contribution in [1.29, 1.82) is 0 Å². The molecule has 0 saturated heterocycles. The molecule has 0 unspecified atom stereocenters. The van der Waals surface area contributed by atoms with Crippen molar-refractivity contribution in [2.45, 2.75) is 45.8 Å². The van der Waals surface area contributed by atoms with Gasteiger partial charge in [-0.2, -0.15) is 0 Å². The number of carbonyl (C=O) groups is 2. The molecule has 0 heterocycles. The second kappa shape index (κ2) is 13.9. The zero-order chi connectivity index (χ0) is 29.6. The van der Waals surface area contributed by atoms with Crippen LogP contribution in [0.4, 0.5) is 5.69 Å². The number of anilines is 1. The van der Waals surface area contributed by atoms with Crippen molar-refractivity contribution in [2.24, 2.45) is 0 Å². The first-order valence-corrected chi connectivity index (χ1v) is 16.0. The van der Waals surface area contributed by atoms with Crippen molar-refractivity contribution >= 4 is 66.7 Å². The second-order valence-corrected chi connectivity index (χ2v) is 13.4. The lowest BCUT2D eigenvalue weighted by atomic mass is 10.0. The quantitative estimate of drug-likeness (QED) is 0.272. The molecule has 1 N–H and O–H groups in total. The molecule has 3 rings (SSSR count). The number of hydrogen-bond acceptors (Lipinski definition) is 4. The monoisotopic (exact) mass is 667 g/mol. The average molecular weight is 669 g/mol. The Morgan fingerprint density at radius 2 is 1.68 bits per heavy atom. The standard InChI is InChI=1S/C29H32BrCl2N3O4S/c1-19(2)33-29(37)27(15-21-8-6-5-7-9-21)34(17-22-10-11-23(31)16-26(22)32)28(36)18-35(40(4,38)39)24-12-13-25(30)20(3)14-24/h5-14,16,19,27H,15,17-18H2,1-4H3,(H,33,37)/t27-/m0/s1. The summed E-state index contributed by atoms with van der Waals surface area (Å²) in [6, 6.07) is 18.2. The number of benzene rings is 3. The van der Waals surface area contributed by atoms with Crippen LogP contribution in [0.5, 0.6) is 0 Å². The van der Waals surface area contributed by atoms with Crippen LogP contribution in [0.25, 0.3) is 0 Å². The van der Waals surface area contributed by atoms with Crippen LogP contribution >= 0.6 is 39.1 Å². The highest BCUT2D eigenvalue weighted by molar-refractivity contribution is 9.10. The first-order chi connectivity index (χ1) is 18.8. The van der Waals surface area contributed by atoms with Gasteiger partial charge >= 0.3 is 0 Å². The Morgan fingerprint density at radius 3 is 2.25 bits per heavy atom. The van der Waals surface area contributed by atoms with E-state index in [1.165, 1.54) is 4.90 Å². The summed E-state index contributed by atoms with van der Waals surface area (Å²) in [6.45, 7) is 4.96. The number of amides is 2. The lowest BCUT2D eigenvalue weighted by Crippen LogP contribution is -2.54.